The molecule has 0 spiro atoms. The van der Waals surface area contributed by atoms with Crippen LogP contribution >= 0.6 is 0 Å². The lowest BCUT2D eigenvalue weighted by atomic mass is 9.84. The first-order valence-electron chi connectivity index (χ1n) is 8.67. The summed E-state index contributed by atoms with van der Waals surface area (Å²) in [6.45, 7) is 6.05. The smallest absolute Gasteiger partial charge is 0.274 e. The van der Waals surface area contributed by atoms with Gasteiger partial charge in [-0.15, -0.1) is 0 Å². The summed E-state index contributed by atoms with van der Waals surface area (Å²) in [5, 5.41) is 5.98. The molecule has 2 aromatic carbocycles. The molecular weight excluding hydrogens is 347 g/mol. The van der Waals surface area contributed by atoms with E-state index in [9.17, 15) is 9.18 Å². The molecule has 3 rings (SSSR count). The molecule has 1 aliphatic rings. The van der Waals surface area contributed by atoms with E-state index in [-0.39, 0.29) is 11.3 Å². The van der Waals surface area contributed by atoms with E-state index in [0.29, 0.717) is 29.2 Å². The van der Waals surface area contributed by atoms with Crippen molar-refractivity contribution in [1.82, 2.24) is 5.01 Å². The summed E-state index contributed by atoms with van der Waals surface area (Å²) < 4.78 is 24.5. The number of hydrogen-bond acceptors (Lipinski definition) is 4. The lowest BCUT2D eigenvalue weighted by Crippen LogP contribution is -2.31. The average molecular weight is 370 g/mol. The number of hydrogen-bond donors (Lipinski definition) is 0. The van der Waals surface area contributed by atoms with Crippen molar-refractivity contribution in [3.63, 3.8) is 0 Å². The molecule has 0 N–H and O–H groups in total. The zero-order valence-corrected chi connectivity index (χ0v) is 16.2. The molecule has 0 aliphatic carbocycles. The highest BCUT2D eigenvalue weighted by atomic mass is 19.1. The van der Waals surface area contributed by atoms with Gasteiger partial charge in [-0.1, -0.05) is 19.9 Å². The van der Waals surface area contributed by atoms with E-state index in [2.05, 4.69) is 5.10 Å². The van der Waals surface area contributed by atoms with E-state index in [1.165, 1.54) is 17.1 Å². The van der Waals surface area contributed by atoms with Crippen molar-refractivity contribution in [2.24, 2.45) is 10.5 Å². The van der Waals surface area contributed by atoms with Crippen molar-refractivity contribution in [3.8, 4) is 11.5 Å². The summed E-state index contributed by atoms with van der Waals surface area (Å²) in [7, 11) is 3.15. The molecule has 0 fully saturated rings. The van der Waals surface area contributed by atoms with Crippen LogP contribution < -0.4 is 9.47 Å². The Hall–Kier alpha value is -2.89. The second-order valence-electron chi connectivity index (χ2n) is 7.18. The Morgan fingerprint density at radius 1 is 1.15 bits per heavy atom. The third-order valence-corrected chi connectivity index (χ3v) is 4.80. The van der Waals surface area contributed by atoms with Gasteiger partial charge in [-0.3, -0.25) is 4.79 Å². The zero-order valence-electron chi connectivity index (χ0n) is 16.2. The zero-order chi connectivity index (χ0) is 19.8. The Morgan fingerprint density at radius 2 is 1.85 bits per heavy atom. The molecule has 2 aromatic rings. The number of carbonyl (C=O) groups is 1. The minimum Gasteiger partial charge on any atom is -0.493 e. The van der Waals surface area contributed by atoms with Gasteiger partial charge in [0.05, 0.1) is 26.5 Å². The van der Waals surface area contributed by atoms with Gasteiger partial charge in [-0.2, -0.15) is 5.10 Å². The van der Waals surface area contributed by atoms with Crippen LogP contribution in [0.3, 0.4) is 0 Å². The van der Waals surface area contributed by atoms with Crippen LogP contribution in [0.15, 0.2) is 41.5 Å². The van der Waals surface area contributed by atoms with Gasteiger partial charge in [0.1, 0.15) is 5.82 Å². The fraction of sp³-hybridized carbons (Fsp3) is 0.333. The number of benzene rings is 2. The highest BCUT2D eigenvalue weighted by molar-refractivity contribution is 6.08. The van der Waals surface area contributed by atoms with Gasteiger partial charge in [-0.25, -0.2) is 9.40 Å². The van der Waals surface area contributed by atoms with Crippen LogP contribution in [0.2, 0.25) is 0 Å². The molecule has 0 unspecified atom stereocenters. The number of ether oxygens (including phenoxy) is 2. The quantitative estimate of drug-likeness (QED) is 0.816. The van der Waals surface area contributed by atoms with Gasteiger partial charge < -0.3 is 9.47 Å². The van der Waals surface area contributed by atoms with Crippen LogP contribution in [0.4, 0.5) is 4.39 Å². The molecule has 27 heavy (non-hydrogen) atoms. The molecule has 5 nitrogen and oxygen atoms in total. The summed E-state index contributed by atoms with van der Waals surface area (Å²) in [4.78, 5) is 12.9. The highest BCUT2D eigenvalue weighted by Gasteiger charge is 2.38. The van der Waals surface area contributed by atoms with Crippen LogP contribution in [0, 0.1) is 18.2 Å². The Kier molecular flexibility index (Phi) is 4.91. The average Bonchev–Trinajstić information content (AvgIpc) is 2.98. The maximum atomic E-state index is 13.8. The monoisotopic (exact) mass is 370 g/mol. The lowest BCUT2D eigenvalue weighted by Gasteiger charge is -2.21. The number of halogens is 1. The Bertz CT molecular complexity index is 922. The maximum absolute atomic E-state index is 13.8. The number of rotatable bonds is 4. The normalized spacial score (nSPS) is 15.5. The summed E-state index contributed by atoms with van der Waals surface area (Å²) in [5.41, 5.74) is 1.91. The predicted molar refractivity (Wildman–Crippen MR) is 102 cm³/mol. The summed E-state index contributed by atoms with van der Waals surface area (Å²) >= 11 is 0. The summed E-state index contributed by atoms with van der Waals surface area (Å²) in [5.74, 6) is 0.513. The molecule has 142 valence electrons. The molecule has 0 radical (unpaired) electrons. The minimum absolute atomic E-state index is 0.310. The van der Waals surface area contributed by atoms with Crippen LogP contribution in [-0.2, 0) is 0 Å². The van der Waals surface area contributed by atoms with Crippen molar-refractivity contribution in [1.29, 1.82) is 0 Å². The SMILES string of the molecule is COc1ccc(C2=NN(C(=O)c3cccc(F)c3C)CC2(C)C)cc1OC. The second-order valence-corrected chi connectivity index (χ2v) is 7.18. The largest absolute Gasteiger partial charge is 0.493 e. The molecule has 0 bridgehead atoms. The number of amides is 1. The number of hydrazone groups is 1. The van der Waals surface area contributed by atoms with Gasteiger partial charge >= 0.3 is 0 Å². The summed E-state index contributed by atoms with van der Waals surface area (Å²) in [6.07, 6.45) is 0. The first-order chi connectivity index (χ1) is 12.8. The topological polar surface area (TPSA) is 51.1 Å². The fourth-order valence-electron chi connectivity index (χ4n) is 3.27. The van der Waals surface area contributed by atoms with E-state index in [1.54, 1.807) is 27.2 Å². The molecule has 0 atom stereocenters. The van der Waals surface area contributed by atoms with E-state index in [1.807, 2.05) is 32.0 Å². The predicted octanol–water partition coefficient (Wildman–Crippen LogP) is 4.04. The standard InChI is InChI=1S/C21H23FN2O3/c1-13-15(7-6-8-16(13)22)20(25)24-12-21(2,3)19(23-24)14-9-10-17(26-4)18(11-14)27-5/h6-11H,12H2,1-5H3. The molecule has 0 saturated heterocycles. The molecule has 1 amide bonds. The molecular formula is C21H23FN2O3. The Balaban J connectivity index is 1.99. The Labute approximate surface area is 158 Å². The van der Waals surface area contributed by atoms with Gasteiger partial charge in [-0.05, 0) is 42.8 Å². The minimum atomic E-state index is -0.400. The molecule has 0 aromatic heterocycles. The van der Waals surface area contributed by atoms with Crippen LogP contribution in [0.25, 0.3) is 0 Å². The van der Waals surface area contributed by atoms with Gasteiger partial charge in [0.15, 0.2) is 11.5 Å². The number of nitrogens with zero attached hydrogens (tertiary/aromatic N) is 2. The van der Waals surface area contributed by atoms with Crippen LogP contribution in [-0.4, -0.2) is 37.4 Å². The number of methoxy groups -OCH3 is 2. The molecule has 0 saturated carbocycles. The highest BCUT2D eigenvalue weighted by Crippen LogP contribution is 2.35. The maximum Gasteiger partial charge on any atom is 0.274 e. The fourth-order valence-corrected chi connectivity index (χ4v) is 3.27. The Morgan fingerprint density at radius 3 is 2.52 bits per heavy atom. The first kappa shape index (κ1) is 18.9. The van der Waals surface area contributed by atoms with Gasteiger partial charge in [0.2, 0.25) is 0 Å². The molecule has 1 aliphatic heterocycles. The molecule has 1 heterocycles. The van der Waals surface area contributed by atoms with Crippen molar-refractivity contribution < 1.29 is 18.7 Å². The summed E-state index contributed by atoms with van der Waals surface area (Å²) in [6, 6.07) is 10.1. The van der Waals surface area contributed by atoms with E-state index in [4.69, 9.17) is 9.47 Å². The van der Waals surface area contributed by atoms with Crippen molar-refractivity contribution in [2.45, 2.75) is 20.8 Å². The van der Waals surface area contributed by atoms with Crippen LogP contribution in [0.5, 0.6) is 11.5 Å². The third kappa shape index (κ3) is 3.39. The van der Waals surface area contributed by atoms with Gasteiger partial charge in [0, 0.05) is 16.5 Å². The lowest BCUT2D eigenvalue weighted by molar-refractivity contribution is 0.0752. The number of carbonyl (C=O) groups excluding carboxylic acids is 1. The van der Waals surface area contributed by atoms with E-state index < -0.39 is 5.82 Å². The second kappa shape index (κ2) is 7.02. The molecule has 6 heteroatoms. The van der Waals surface area contributed by atoms with Gasteiger partial charge in [0.25, 0.3) is 5.91 Å². The van der Waals surface area contributed by atoms with E-state index in [0.717, 1.165) is 11.3 Å². The first-order valence-corrected chi connectivity index (χ1v) is 8.67. The van der Waals surface area contributed by atoms with Crippen LogP contribution in [0.1, 0.15) is 35.3 Å². The van der Waals surface area contributed by atoms with Crippen molar-refractivity contribution >= 4 is 11.6 Å². The van der Waals surface area contributed by atoms with E-state index >= 15 is 0 Å². The third-order valence-electron chi connectivity index (χ3n) is 4.80. The van der Waals surface area contributed by atoms with Crippen molar-refractivity contribution in [2.75, 3.05) is 20.8 Å². The van der Waals surface area contributed by atoms with Crippen molar-refractivity contribution in [3.05, 3.63) is 58.9 Å².